The van der Waals surface area contributed by atoms with E-state index in [0.717, 1.165) is 5.57 Å². The zero-order chi connectivity index (χ0) is 18.7. The van der Waals surface area contributed by atoms with Gasteiger partial charge in [-0.05, 0) is 30.3 Å². The van der Waals surface area contributed by atoms with Gasteiger partial charge in [-0.3, -0.25) is 4.79 Å². The van der Waals surface area contributed by atoms with Gasteiger partial charge in [-0.25, -0.2) is 13.6 Å². The van der Waals surface area contributed by atoms with Crippen LogP contribution < -0.4 is 16.0 Å². The van der Waals surface area contributed by atoms with Gasteiger partial charge in [0.1, 0.15) is 17.6 Å². The van der Waals surface area contributed by atoms with Gasteiger partial charge >= 0.3 is 6.03 Å². The highest BCUT2D eigenvalue weighted by Gasteiger charge is 2.39. The molecule has 3 rings (SSSR count). The molecule has 26 heavy (non-hydrogen) atoms. The number of urea groups is 1. The van der Waals surface area contributed by atoms with Crippen molar-refractivity contribution in [3.05, 3.63) is 53.6 Å². The molecule has 0 radical (unpaired) electrons. The van der Waals surface area contributed by atoms with Crippen LogP contribution in [-0.4, -0.2) is 37.8 Å². The van der Waals surface area contributed by atoms with Gasteiger partial charge in [0.25, 0.3) is 0 Å². The van der Waals surface area contributed by atoms with Crippen molar-refractivity contribution in [2.24, 2.45) is 5.92 Å². The number of hydrogen-bond donors (Lipinski definition) is 3. The van der Waals surface area contributed by atoms with Gasteiger partial charge in [-0.15, -0.1) is 0 Å². The molecule has 3 amide bonds. The molecule has 1 aromatic rings. The SMILES string of the molecule is COC1=CC=C([C@@H]2CNC(=O)[C@H]2NC(=O)Nc2ccc(F)cc2)CC1F. The van der Waals surface area contributed by atoms with Gasteiger partial charge in [0, 0.05) is 24.6 Å². The molecule has 1 aromatic carbocycles. The van der Waals surface area contributed by atoms with Crippen LogP contribution in [0.4, 0.5) is 19.3 Å². The van der Waals surface area contributed by atoms with Gasteiger partial charge in [0.2, 0.25) is 5.91 Å². The van der Waals surface area contributed by atoms with E-state index < -0.39 is 24.1 Å². The zero-order valence-electron chi connectivity index (χ0n) is 14.1. The number of carbonyl (C=O) groups excluding carboxylic acids is 2. The maximum atomic E-state index is 14.1. The van der Waals surface area contributed by atoms with E-state index in [1.165, 1.54) is 31.4 Å². The number of ether oxygens (including phenoxy) is 1. The second kappa shape index (κ2) is 7.55. The van der Waals surface area contributed by atoms with E-state index in [9.17, 15) is 18.4 Å². The Hall–Kier alpha value is -2.90. The number of alkyl halides is 1. The lowest BCUT2D eigenvalue weighted by Gasteiger charge is -2.25. The molecule has 1 fully saturated rings. The molecule has 8 heteroatoms. The lowest BCUT2D eigenvalue weighted by molar-refractivity contribution is -0.120. The fourth-order valence-electron chi connectivity index (χ4n) is 3.11. The van der Waals surface area contributed by atoms with E-state index in [-0.39, 0.29) is 24.0 Å². The fraction of sp³-hybridized carbons (Fsp3) is 0.333. The Labute approximate surface area is 149 Å². The number of halogens is 2. The summed E-state index contributed by atoms with van der Waals surface area (Å²) in [4.78, 5) is 24.3. The minimum absolute atomic E-state index is 0.108. The third kappa shape index (κ3) is 3.84. The number of carbonyl (C=O) groups is 2. The summed E-state index contributed by atoms with van der Waals surface area (Å²) in [6, 6.07) is 3.85. The van der Waals surface area contributed by atoms with Crippen molar-refractivity contribution in [1.82, 2.24) is 10.6 Å². The summed E-state index contributed by atoms with van der Waals surface area (Å²) in [5, 5.41) is 7.84. The van der Waals surface area contributed by atoms with Crippen molar-refractivity contribution < 1.29 is 23.1 Å². The topological polar surface area (TPSA) is 79.5 Å². The highest BCUT2D eigenvalue weighted by molar-refractivity contribution is 5.95. The minimum Gasteiger partial charge on any atom is -0.498 e. The third-order valence-corrected chi connectivity index (χ3v) is 4.47. The summed E-state index contributed by atoms with van der Waals surface area (Å²) in [5.74, 6) is -0.860. The van der Waals surface area contributed by atoms with E-state index in [0.29, 0.717) is 12.2 Å². The molecular weight excluding hydrogens is 344 g/mol. The molecule has 0 saturated carbocycles. The largest absolute Gasteiger partial charge is 0.498 e. The smallest absolute Gasteiger partial charge is 0.319 e. The number of allylic oxidation sites excluding steroid dienone is 3. The fourth-order valence-corrected chi connectivity index (χ4v) is 3.11. The second-order valence-corrected chi connectivity index (χ2v) is 6.12. The van der Waals surface area contributed by atoms with Crippen molar-refractivity contribution in [1.29, 1.82) is 0 Å². The molecule has 0 bridgehead atoms. The number of hydrogen-bond acceptors (Lipinski definition) is 3. The van der Waals surface area contributed by atoms with Crippen molar-refractivity contribution in [2.45, 2.75) is 18.6 Å². The summed E-state index contributed by atoms with van der Waals surface area (Å²) >= 11 is 0. The molecule has 1 saturated heterocycles. The minimum atomic E-state index is -1.27. The Bertz CT molecular complexity index is 761. The summed E-state index contributed by atoms with van der Waals surface area (Å²) in [7, 11) is 1.40. The monoisotopic (exact) mass is 363 g/mol. The third-order valence-electron chi connectivity index (χ3n) is 4.47. The first kappa shape index (κ1) is 17.9. The average molecular weight is 363 g/mol. The summed E-state index contributed by atoms with van der Waals surface area (Å²) in [6.07, 6.45) is 2.11. The van der Waals surface area contributed by atoms with E-state index in [1.807, 2.05) is 0 Å². The Morgan fingerprint density at radius 3 is 2.65 bits per heavy atom. The Morgan fingerprint density at radius 1 is 1.27 bits per heavy atom. The molecule has 1 aliphatic heterocycles. The molecule has 1 heterocycles. The van der Waals surface area contributed by atoms with Gasteiger partial charge < -0.3 is 20.7 Å². The first-order valence-corrected chi connectivity index (χ1v) is 8.17. The highest BCUT2D eigenvalue weighted by atomic mass is 19.1. The predicted molar refractivity (Wildman–Crippen MR) is 91.5 cm³/mol. The summed E-state index contributed by atoms with van der Waals surface area (Å²) in [6.45, 7) is 0.315. The molecular formula is C18H19F2N3O3. The Kier molecular flexibility index (Phi) is 5.20. The molecule has 1 unspecified atom stereocenters. The van der Waals surface area contributed by atoms with E-state index >= 15 is 0 Å². The lowest BCUT2D eigenvalue weighted by Crippen LogP contribution is -2.46. The average Bonchev–Trinajstić information content (AvgIpc) is 2.97. The van der Waals surface area contributed by atoms with Crippen LogP contribution in [0.2, 0.25) is 0 Å². The van der Waals surface area contributed by atoms with Crippen molar-refractivity contribution in [3.63, 3.8) is 0 Å². The first-order valence-electron chi connectivity index (χ1n) is 8.17. The summed E-state index contributed by atoms with van der Waals surface area (Å²) < 4.78 is 32.0. The number of nitrogens with one attached hydrogen (secondary N) is 3. The molecule has 0 spiro atoms. The zero-order valence-corrected chi connectivity index (χ0v) is 14.1. The van der Waals surface area contributed by atoms with Crippen LogP contribution in [0.15, 0.2) is 47.7 Å². The Balaban J connectivity index is 1.68. The quantitative estimate of drug-likeness (QED) is 0.768. The normalized spacial score (nSPS) is 25.0. The van der Waals surface area contributed by atoms with Gasteiger partial charge in [0.15, 0.2) is 6.17 Å². The van der Waals surface area contributed by atoms with Crippen LogP contribution >= 0.6 is 0 Å². The number of rotatable bonds is 4. The molecule has 3 N–H and O–H groups in total. The second-order valence-electron chi connectivity index (χ2n) is 6.12. The van der Waals surface area contributed by atoms with Crippen LogP contribution in [-0.2, 0) is 9.53 Å². The molecule has 138 valence electrons. The number of benzene rings is 1. The molecule has 0 aromatic heterocycles. The van der Waals surface area contributed by atoms with Crippen LogP contribution in [0.25, 0.3) is 0 Å². The predicted octanol–water partition coefficient (Wildman–Crippen LogP) is 2.26. The van der Waals surface area contributed by atoms with E-state index in [1.54, 1.807) is 12.2 Å². The van der Waals surface area contributed by atoms with Crippen LogP contribution in [0.5, 0.6) is 0 Å². The summed E-state index contributed by atoms with van der Waals surface area (Å²) in [5.41, 5.74) is 1.12. The Morgan fingerprint density at radius 2 is 2.00 bits per heavy atom. The molecule has 1 aliphatic carbocycles. The maximum absolute atomic E-state index is 14.1. The highest BCUT2D eigenvalue weighted by Crippen LogP contribution is 2.30. The first-order chi connectivity index (χ1) is 12.5. The number of anilines is 1. The van der Waals surface area contributed by atoms with Gasteiger partial charge in [0.05, 0.1) is 7.11 Å². The number of methoxy groups -OCH3 is 1. The van der Waals surface area contributed by atoms with Crippen LogP contribution in [0, 0.1) is 11.7 Å². The number of amides is 3. The van der Waals surface area contributed by atoms with Crippen molar-refractivity contribution >= 4 is 17.6 Å². The van der Waals surface area contributed by atoms with E-state index in [2.05, 4.69) is 16.0 Å². The van der Waals surface area contributed by atoms with Crippen LogP contribution in [0.3, 0.4) is 0 Å². The molecule has 3 atom stereocenters. The lowest BCUT2D eigenvalue weighted by atomic mass is 9.87. The molecule has 6 nitrogen and oxygen atoms in total. The standard InChI is InChI=1S/C18H19F2N3O3/c1-26-15-7-2-10(8-14(15)20)13-9-21-17(24)16(13)23-18(25)22-12-5-3-11(19)4-6-12/h2-7,13-14,16H,8-9H2,1H3,(H,21,24)(H2,22,23,25)/t13-,14?,16-/m0/s1. The van der Waals surface area contributed by atoms with E-state index in [4.69, 9.17) is 4.74 Å². The van der Waals surface area contributed by atoms with Gasteiger partial charge in [-0.2, -0.15) is 0 Å². The van der Waals surface area contributed by atoms with Gasteiger partial charge in [-0.1, -0.05) is 11.6 Å². The maximum Gasteiger partial charge on any atom is 0.319 e. The molecule has 2 aliphatic rings. The van der Waals surface area contributed by atoms with Crippen molar-refractivity contribution in [3.8, 4) is 0 Å². The van der Waals surface area contributed by atoms with Crippen molar-refractivity contribution in [2.75, 3.05) is 19.0 Å². The van der Waals surface area contributed by atoms with Crippen LogP contribution in [0.1, 0.15) is 6.42 Å².